The fourth-order valence-electron chi connectivity index (χ4n) is 2.28. The fourth-order valence-corrected chi connectivity index (χ4v) is 2.28. The molecule has 2 rings (SSSR count). The molecule has 1 aromatic heterocycles. The van der Waals surface area contributed by atoms with Gasteiger partial charge in [-0.25, -0.2) is 0 Å². The van der Waals surface area contributed by atoms with Gasteiger partial charge >= 0.3 is 0 Å². The number of hydrogen-bond acceptors (Lipinski definition) is 2. The number of hydrogen-bond donors (Lipinski definition) is 1. The van der Waals surface area contributed by atoms with Crippen LogP contribution in [0.2, 0.25) is 0 Å². The lowest BCUT2D eigenvalue weighted by Gasteiger charge is -2.29. The van der Waals surface area contributed by atoms with Crippen molar-refractivity contribution in [1.82, 2.24) is 15.1 Å². The maximum absolute atomic E-state index is 4.73. The molecule has 1 aromatic carbocycles. The molecule has 0 aliphatic heterocycles. The molecule has 0 saturated carbocycles. The van der Waals surface area contributed by atoms with Crippen LogP contribution < -0.4 is 5.32 Å². The van der Waals surface area contributed by atoms with Crippen LogP contribution in [-0.4, -0.2) is 16.3 Å². The lowest BCUT2D eigenvalue weighted by atomic mass is 9.81. The third-order valence-electron chi connectivity index (χ3n) is 4.47. The van der Waals surface area contributed by atoms with Gasteiger partial charge in [-0.15, -0.1) is 0 Å². The monoisotopic (exact) mass is 273 g/mol. The van der Waals surface area contributed by atoms with E-state index in [1.54, 1.807) is 0 Å². The smallest absolute Gasteiger partial charge is 0.0841 e. The van der Waals surface area contributed by atoms with Gasteiger partial charge in [-0.05, 0) is 24.3 Å². The van der Waals surface area contributed by atoms with E-state index in [0.717, 1.165) is 25.3 Å². The molecule has 0 fully saturated rings. The van der Waals surface area contributed by atoms with Crippen LogP contribution in [-0.2, 0) is 13.1 Å². The number of nitrogens with one attached hydrogen (secondary N) is 1. The van der Waals surface area contributed by atoms with Crippen LogP contribution in [0, 0.1) is 11.3 Å². The first-order chi connectivity index (χ1) is 9.45. The Labute approximate surface area is 122 Å². The molecule has 1 heterocycles. The summed E-state index contributed by atoms with van der Waals surface area (Å²) in [5.74, 6) is 0.667. The molecule has 0 amide bonds. The predicted octanol–water partition coefficient (Wildman–Crippen LogP) is 3.83. The van der Waals surface area contributed by atoms with Gasteiger partial charge in [-0.1, -0.05) is 45.9 Å². The second-order valence-corrected chi connectivity index (χ2v) is 6.53. The molecule has 0 bridgehead atoms. The van der Waals surface area contributed by atoms with Crippen LogP contribution in [0.15, 0.2) is 24.3 Å². The van der Waals surface area contributed by atoms with E-state index in [2.05, 4.69) is 68.9 Å². The SMILES string of the molecule is CCn1nc(CNCC(C)(C)C(C)C)c2ccccc21. The first kappa shape index (κ1) is 15.0. The zero-order chi connectivity index (χ0) is 14.8. The molecule has 2 aromatic rings. The fraction of sp³-hybridized carbons (Fsp3) is 0.588. The minimum absolute atomic E-state index is 0.309. The molecule has 0 radical (unpaired) electrons. The number of benzene rings is 1. The van der Waals surface area contributed by atoms with Crippen molar-refractivity contribution in [3.63, 3.8) is 0 Å². The second-order valence-electron chi connectivity index (χ2n) is 6.53. The van der Waals surface area contributed by atoms with Crippen LogP contribution in [0.5, 0.6) is 0 Å². The summed E-state index contributed by atoms with van der Waals surface area (Å²) in [5, 5.41) is 9.57. The van der Waals surface area contributed by atoms with Crippen LogP contribution in [0.4, 0.5) is 0 Å². The quantitative estimate of drug-likeness (QED) is 0.867. The van der Waals surface area contributed by atoms with E-state index in [4.69, 9.17) is 5.10 Å². The minimum Gasteiger partial charge on any atom is -0.311 e. The first-order valence-electron chi connectivity index (χ1n) is 7.61. The van der Waals surface area contributed by atoms with Crippen molar-refractivity contribution < 1.29 is 0 Å². The Kier molecular flexibility index (Phi) is 4.48. The highest BCUT2D eigenvalue weighted by Crippen LogP contribution is 2.25. The average Bonchev–Trinajstić information content (AvgIpc) is 2.77. The second kappa shape index (κ2) is 5.96. The Morgan fingerprint density at radius 2 is 1.95 bits per heavy atom. The zero-order valence-corrected chi connectivity index (χ0v) is 13.4. The molecule has 0 saturated heterocycles. The van der Waals surface area contributed by atoms with Gasteiger partial charge in [0.2, 0.25) is 0 Å². The number of para-hydroxylation sites is 1. The van der Waals surface area contributed by atoms with Crippen LogP contribution in [0.1, 0.15) is 40.3 Å². The predicted molar refractivity (Wildman–Crippen MR) is 85.7 cm³/mol. The van der Waals surface area contributed by atoms with Gasteiger partial charge in [0, 0.05) is 25.0 Å². The van der Waals surface area contributed by atoms with E-state index in [-0.39, 0.29) is 0 Å². The van der Waals surface area contributed by atoms with Gasteiger partial charge in [0.25, 0.3) is 0 Å². The Bertz CT molecular complexity index is 567. The zero-order valence-electron chi connectivity index (χ0n) is 13.4. The molecule has 1 N–H and O–H groups in total. The summed E-state index contributed by atoms with van der Waals surface area (Å²) in [6.07, 6.45) is 0. The largest absolute Gasteiger partial charge is 0.311 e. The molecule has 0 aliphatic carbocycles. The van der Waals surface area contributed by atoms with Gasteiger partial charge in [-0.3, -0.25) is 4.68 Å². The van der Waals surface area contributed by atoms with Crippen molar-refractivity contribution in [2.24, 2.45) is 11.3 Å². The van der Waals surface area contributed by atoms with E-state index in [1.807, 2.05) is 0 Å². The molecule has 3 heteroatoms. The van der Waals surface area contributed by atoms with E-state index in [1.165, 1.54) is 10.9 Å². The summed E-state index contributed by atoms with van der Waals surface area (Å²) in [5.41, 5.74) is 2.69. The molecule has 20 heavy (non-hydrogen) atoms. The van der Waals surface area contributed by atoms with E-state index in [9.17, 15) is 0 Å². The number of fused-ring (bicyclic) bond motifs is 1. The van der Waals surface area contributed by atoms with Crippen LogP contribution >= 0.6 is 0 Å². The van der Waals surface area contributed by atoms with Crippen molar-refractivity contribution in [2.75, 3.05) is 6.54 Å². The van der Waals surface area contributed by atoms with Gasteiger partial charge in [0.15, 0.2) is 0 Å². The van der Waals surface area contributed by atoms with Crippen molar-refractivity contribution in [1.29, 1.82) is 0 Å². The minimum atomic E-state index is 0.309. The van der Waals surface area contributed by atoms with Gasteiger partial charge < -0.3 is 5.32 Å². The Balaban J connectivity index is 2.11. The van der Waals surface area contributed by atoms with Crippen molar-refractivity contribution in [3.05, 3.63) is 30.0 Å². The summed E-state index contributed by atoms with van der Waals surface area (Å²) in [6, 6.07) is 8.48. The lowest BCUT2D eigenvalue weighted by molar-refractivity contribution is 0.237. The van der Waals surface area contributed by atoms with E-state index < -0.39 is 0 Å². The van der Waals surface area contributed by atoms with Crippen LogP contribution in [0.25, 0.3) is 10.9 Å². The summed E-state index contributed by atoms with van der Waals surface area (Å²) < 4.78 is 2.08. The summed E-state index contributed by atoms with van der Waals surface area (Å²) in [7, 11) is 0. The standard InChI is InChI=1S/C17H27N3/c1-6-20-16-10-8-7-9-14(16)15(19-20)11-18-12-17(4,5)13(2)3/h7-10,13,18H,6,11-12H2,1-5H3. The van der Waals surface area contributed by atoms with Crippen LogP contribution in [0.3, 0.4) is 0 Å². The molecular formula is C17H27N3. The summed E-state index contributed by atoms with van der Waals surface area (Å²) >= 11 is 0. The lowest BCUT2D eigenvalue weighted by Crippen LogP contribution is -2.33. The maximum atomic E-state index is 4.73. The number of rotatable bonds is 6. The molecule has 0 atom stereocenters. The number of aromatic nitrogens is 2. The third-order valence-corrected chi connectivity index (χ3v) is 4.47. The number of aryl methyl sites for hydroxylation is 1. The summed E-state index contributed by atoms with van der Waals surface area (Å²) in [6.45, 7) is 14.1. The van der Waals surface area contributed by atoms with Gasteiger partial charge in [0.1, 0.15) is 0 Å². The van der Waals surface area contributed by atoms with Crippen molar-refractivity contribution in [2.45, 2.75) is 47.7 Å². The van der Waals surface area contributed by atoms with Gasteiger partial charge in [-0.2, -0.15) is 5.10 Å². The Morgan fingerprint density at radius 1 is 1.25 bits per heavy atom. The highest BCUT2D eigenvalue weighted by molar-refractivity contribution is 5.81. The maximum Gasteiger partial charge on any atom is 0.0841 e. The Morgan fingerprint density at radius 3 is 2.60 bits per heavy atom. The molecule has 0 unspecified atom stereocenters. The van der Waals surface area contributed by atoms with E-state index in [0.29, 0.717) is 11.3 Å². The van der Waals surface area contributed by atoms with Crippen molar-refractivity contribution in [3.8, 4) is 0 Å². The summed E-state index contributed by atoms with van der Waals surface area (Å²) in [4.78, 5) is 0. The Hall–Kier alpha value is -1.35. The molecule has 0 aliphatic rings. The third kappa shape index (κ3) is 3.04. The molecule has 0 spiro atoms. The number of nitrogens with zero attached hydrogens (tertiary/aromatic N) is 2. The highest BCUT2D eigenvalue weighted by atomic mass is 15.3. The topological polar surface area (TPSA) is 29.9 Å². The molecular weight excluding hydrogens is 246 g/mol. The van der Waals surface area contributed by atoms with Crippen molar-refractivity contribution >= 4 is 10.9 Å². The molecule has 110 valence electrons. The highest BCUT2D eigenvalue weighted by Gasteiger charge is 2.21. The normalized spacial score (nSPS) is 12.5. The molecule has 3 nitrogen and oxygen atoms in total. The van der Waals surface area contributed by atoms with E-state index >= 15 is 0 Å². The average molecular weight is 273 g/mol. The first-order valence-corrected chi connectivity index (χ1v) is 7.61. The van der Waals surface area contributed by atoms with Gasteiger partial charge in [0.05, 0.1) is 11.2 Å².